The zero-order valence-electron chi connectivity index (χ0n) is 11.6. The fourth-order valence-corrected chi connectivity index (χ4v) is 2.17. The van der Waals surface area contributed by atoms with E-state index in [0.29, 0.717) is 10.9 Å². The summed E-state index contributed by atoms with van der Waals surface area (Å²) >= 11 is 3.02. The molecule has 0 aliphatic carbocycles. The third-order valence-electron chi connectivity index (χ3n) is 3.25. The predicted molar refractivity (Wildman–Crippen MR) is 74.4 cm³/mol. The number of hydrogen-bond donors (Lipinski definition) is 1. The van der Waals surface area contributed by atoms with Gasteiger partial charge in [-0.05, 0) is 44.4 Å². The molecule has 0 aromatic heterocycles. The third kappa shape index (κ3) is 4.75. The van der Waals surface area contributed by atoms with Gasteiger partial charge in [0.25, 0.3) is 0 Å². The summed E-state index contributed by atoms with van der Waals surface area (Å²) in [6.45, 7) is 3.65. The first-order valence-electron chi connectivity index (χ1n) is 6.17. The van der Waals surface area contributed by atoms with Crippen LogP contribution >= 0.6 is 15.9 Å². The van der Waals surface area contributed by atoms with Crippen molar-refractivity contribution in [3.8, 4) is 0 Å². The summed E-state index contributed by atoms with van der Waals surface area (Å²) in [5.74, 6) is 0. The molecule has 114 valence electrons. The normalized spacial score (nSPS) is 14.4. The standard InChI is InChI=1S/C14H18BrF3O2/c1-13(2,20-3)7-6-12(19)10-5-4-9(15)8-11(10)14(16,17)18/h4-5,8,12,19H,6-7H2,1-3H3. The molecule has 6 heteroatoms. The number of alkyl halides is 3. The number of halogens is 4. The maximum Gasteiger partial charge on any atom is 0.416 e. The summed E-state index contributed by atoms with van der Waals surface area (Å²) in [4.78, 5) is 0. The number of ether oxygens (including phenoxy) is 1. The number of aliphatic hydroxyl groups is 1. The average molecular weight is 355 g/mol. The highest BCUT2D eigenvalue weighted by Gasteiger charge is 2.35. The second-order valence-corrected chi connectivity index (χ2v) is 6.16. The van der Waals surface area contributed by atoms with Gasteiger partial charge in [0.2, 0.25) is 0 Å². The van der Waals surface area contributed by atoms with Crippen LogP contribution in [0.25, 0.3) is 0 Å². The van der Waals surface area contributed by atoms with Gasteiger partial charge in [0.05, 0.1) is 17.3 Å². The van der Waals surface area contributed by atoms with E-state index in [9.17, 15) is 18.3 Å². The van der Waals surface area contributed by atoms with E-state index < -0.39 is 23.4 Å². The lowest BCUT2D eigenvalue weighted by molar-refractivity contribution is -0.139. The highest BCUT2D eigenvalue weighted by molar-refractivity contribution is 9.10. The Morgan fingerprint density at radius 1 is 1.30 bits per heavy atom. The molecule has 0 heterocycles. The monoisotopic (exact) mass is 354 g/mol. The first-order chi connectivity index (χ1) is 9.07. The van der Waals surface area contributed by atoms with Gasteiger partial charge in [-0.2, -0.15) is 13.2 Å². The van der Waals surface area contributed by atoms with Crippen molar-refractivity contribution in [2.24, 2.45) is 0 Å². The van der Waals surface area contributed by atoms with Gasteiger partial charge in [0.1, 0.15) is 0 Å². The number of aliphatic hydroxyl groups excluding tert-OH is 1. The fourth-order valence-electron chi connectivity index (χ4n) is 1.81. The maximum absolute atomic E-state index is 13.0. The molecule has 0 saturated heterocycles. The Labute approximate surface area is 125 Å². The Morgan fingerprint density at radius 3 is 2.40 bits per heavy atom. The summed E-state index contributed by atoms with van der Waals surface area (Å²) in [6.07, 6.45) is -5.00. The lowest BCUT2D eigenvalue weighted by Crippen LogP contribution is -2.23. The molecule has 0 aliphatic rings. The molecule has 0 aliphatic heterocycles. The SMILES string of the molecule is COC(C)(C)CCC(O)c1ccc(Br)cc1C(F)(F)F. The van der Waals surface area contributed by atoms with E-state index in [1.807, 2.05) is 13.8 Å². The van der Waals surface area contributed by atoms with E-state index in [1.165, 1.54) is 19.2 Å². The molecule has 0 amide bonds. The van der Waals surface area contributed by atoms with Crippen LogP contribution in [0.2, 0.25) is 0 Å². The van der Waals surface area contributed by atoms with Gasteiger partial charge in [-0.15, -0.1) is 0 Å². The molecular formula is C14H18BrF3O2. The smallest absolute Gasteiger partial charge is 0.388 e. The minimum absolute atomic E-state index is 0.104. The van der Waals surface area contributed by atoms with Gasteiger partial charge in [0.15, 0.2) is 0 Å². The molecule has 1 rings (SSSR count). The van der Waals surface area contributed by atoms with Crippen molar-refractivity contribution in [3.05, 3.63) is 33.8 Å². The van der Waals surface area contributed by atoms with Crippen LogP contribution in [0.4, 0.5) is 13.2 Å². The van der Waals surface area contributed by atoms with E-state index in [-0.39, 0.29) is 12.0 Å². The van der Waals surface area contributed by atoms with Crippen molar-refractivity contribution < 1.29 is 23.0 Å². The number of rotatable bonds is 5. The Balaban J connectivity index is 2.96. The van der Waals surface area contributed by atoms with Gasteiger partial charge >= 0.3 is 6.18 Å². The highest BCUT2D eigenvalue weighted by atomic mass is 79.9. The molecule has 1 aromatic rings. The summed E-state index contributed by atoms with van der Waals surface area (Å²) in [5.41, 5.74) is -1.39. The van der Waals surface area contributed by atoms with Crippen LogP contribution in [0.15, 0.2) is 22.7 Å². The lowest BCUT2D eigenvalue weighted by atomic mass is 9.94. The van der Waals surface area contributed by atoms with Crippen molar-refractivity contribution in [2.75, 3.05) is 7.11 Å². The van der Waals surface area contributed by atoms with Crippen LogP contribution in [-0.2, 0) is 10.9 Å². The molecule has 0 saturated carbocycles. The first kappa shape index (κ1) is 17.5. The first-order valence-corrected chi connectivity index (χ1v) is 6.96. The van der Waals surface area contributed by atoms with Gasteiger partial charge in [-0.1, -0.05) is 22.0 Å². The Kier molecular flexibility index (Phi) is 5.63. The summed E-state index contributed by atoms with van der Waals surface area (Å²) in [7, 11) is 1.53. The predicted octanol–water partition coefficient (Wildman–Crippen LogP) is 4.71. The molecule has 0 radical (unpaired) electrons. The van der Waals surface area contributed by atoms with Crippen LogP contribution in [0.1, 0.15) is 43.9 Å². The molecule has 0 bridgehead atoms. The number of benzene rings is 1. The van der Waals surface area contributed by atoms with Crippen LogP contribution in [-0.4, -0.2) is 17.8 Å². The van der Waals surface area contributed by atoms with Crippen molar-refractivity contribution in [1.29, 1.82) is 0 Å². The number of methoxy groups -OCH3 is 1. The molecule has 0 fully saturated rings. The Morgan fingerprint density at radius 2 is 1.90 bits per heavy atom. The van der Waals surface area contributed by atoms with Gasteiger partial charge in [0, 0.05) is 11.6 Å². The lowest BCUT2D eigenvalue weighted by Gasteiger charge is -2.25. The minimum Gasteiger partial charge on any atom is -0.388 e. The van der Waals surface area contributed by atoms with E-state index in [1.54, 1.807) is 0 Å². The second kappa shape index (κ2) is 6.45. The molecule has 2 nitrogen and oxygen atoms in total. The zero-order chi connectivity index (χ0) is 15.6. The molecule has 20 heavy (non-hydrogen) atoms. The van der Waals surface area contributed by atoms with Crippen molar-refractivity contribution in [3.63, 3.8) is 0 Å². The van der Waals surface area contributed by atoms with Crippen LogP contribution < -0.4 is 0 Å². The quantitative estimate of drug-likeness (QED) is 0.829. The van der Waals surface area contributed by atoms with Crippen molar-refractivity contribution >= 4 is 15.9 Å². The van der Waals surface area contributed by atoms with Crippen LogP contribution in [0, 0.1) is 0 Å². The largest absolute Gasteiger partial charge is 0.416 e. The highest BCUT2D eigenvalue weighted by Crippen LogP contribution is 2.38. The minimum atomic E-state index is -4.49. The van der Waals surface area contributed by atoms with E-state index in [2.05, 4.69) is 15.9 Å². The number of hydrogen-bond acceptors (Lipinski definition) is 2. The van der Waals surface area contributed by atoms with Crippen LogP contribution in [0.5, 0.6) is 0 Å². The zero-order valence-corrected chi connectivity index (χ0v) is 13.2. The maximum atomic E-state index is 13.0. The van der Waals surface area contributed by atoms with Gasteiger partial charge in [-0.25, -0.2) is 0 Å². The molecule has 1 N–H and O–H groups in total. The molecule has 1 atom stereocenters. The Hall–Kier alpha value is -0.590. The fraction of sp³-hybridized carbons (Fsp3) is 0.571. The van der Waals surface area contributed by atoms with Crippen LogP contribution in [0.3, 0.4) is 0 Å². The van der Waals surface area contributed by atoms with Crippen molar-refractivity contribution in [2.45, 2.75) is 44.6 Å². The summed E-state index contributed by atoms with van der Waals surface area (Å²) in [6, 6.07) is 3.78. The second-order valence-electron chi connectivity index (χ2n) is 5.25. The molecule has 0 spiro atoms. The Bertz CT molecular complexity index is 458. The molecular weight excluding hydrogens is 337 g/mol. The van der Waals surface area contributed by atoms with Gasteiger partial charge in [-0.3, -0.25) is 0 Å². The topological polar surface area (TPSA) is 29.5 Å². The van der Waals surface area contributed by atoms with E-state index >= 15 is 0 Å². The third-order valence-corrected chi connectivity index (χ3v) is 3.75. The average Bonchev–Trinajstić information content (AvgIpc) is 2.35. The van der Waals surface area contributed by atoms with Gasteiger partial charge < -0.3 is 9.84 Å². The van der Waals surface area contributed by atoms with Crippen molar-refractivity contribution in [1.82, 2.24) is 0 Å². The molecule has 1 aromatic carbocycles. The van der Waals surface area contributed by atoms with E-state index in [4.69, 9.17) is 4.74 Å². The molecule has 1 unspecified atom stereocenters. The summed E-state index contributed by atoms with van der Waals surface area (Å²) < 4.78 is 44.4. The summed E-state index contributed by atoms with van der Waals surface area (Å²) in [5, 5.41) is 10.0. The van der Waals surface area contributed by atoms with E-state index in [0.717, 1.165) is 6.07 Å².